The zero-order valence-corrected chi connectivity index (χ0v) is 10.5. The van der Waals surface area contributed by atoms with Crippen LogP contribution in [0.25, 0.3) is 0 Å². The van der Waals surface area contributed by atoms with E-state index in [9.17, 15) is 0 Å². The Morgan fingerprint density at radius 1 is 1.13 bits per heavy atom. The standard InChI is InChI=1S/C13H21N.ClH/c1-3-5-6-13(14)12-9-7-11(4-2)8-10-12;/h7-10,13H,3-6,14H2,1-2H3;1H/t13-;/m1./s1. The van der Waals surface area contributed by atoms with Gasteiger partial charge in [-0.2, -0.15) is 0 Å². The highest BCUT2D eigenvalue weighted by Gasteiger charge is 2.04. The maximum atomic E-state index is 6.07. The second kappa shape index (κ2) is 7.72. The van der Waals surface area contributed by atoms with Crippen LogP contribution in [0.2, 0.25) is 0 Å². The molecular weight excluding hydrogens is 206 g/mol. The first-order valence-electron chi connectivity index (χ1n) is 5.62. The zero-order valence-electron chi connectivity index (χ0n) is 9.70. The Balaban J connectivity index is 0.00000196. The Kier molecular flexibility index (Phi) is 7.45. The van der Waals surface area contributed by atoms with Crippen LogP contribution in [-0.2, 0) is 6.42 Å². The number of rotatable bonds is 5. The minimum atomic E-state index is 0. The molecule has 0 radical (unpaired) electrons. The van der Waals surface area contributed by atoms with Gasteiger partial charge in [-0.1, -0.05) is 51.0 Å². The summed E-state index contributed by atoms with van der Waals surface area (Å²) in [6.07, 6.45) is 4.64. The van der Waals surface area contributed by atoms with Gasteiger partial charge in [-0.05, 0) is 24.0 Å². The highest BCUT2D eigenvalue weighted by atomic mass is 35.5. The monoisotopic (exact) mass is 227 g/mol. The summed E-state index contributed by atoms with van der Waals surface area (Å²) >= 11 is 0. The number of unbranched alkanes of at least 4 members (excludes halogenated alkanes) is 1. The third-order valence-electron chi connectivity index (χ3n) is 2.68. The van der Waals surface area contributed by atoms with E-state index in [0.29, 0.717) is 0 Å². The van der Waals surface area contributed by atoms with Gasteiger partial charge in [0.25, 0.3) is 0 Å². The van der Waals surface area contributed by atoms with Crippen LogP contribution in [-0.4, -0.2) is 0 Å². The normalized spacial score (nSPS) is 11.9. The molecule has 1 nitrogen and oxygen atoms in total. The second-order valence-electron chi connectivity index (χ2n) is 3.84. The molecule has 0 saturated carbocycles. The average molecular weight is 228 g/mol. The molecule has 0 aliphatic heterocycles. The number of aryl methyl sites for hydroxylation is 1. The molecule has 0 heterocycles. The van der Waals surface area contributed by atoms with E-state index in [1.807, 2.05) is 0 Å². The van der Waals surface area contributed by atoms with Crippen LogP contribution in [0.4, 0.5) is 0 Å². The largest absolute Gasteiger partial charge is 0.324 e. The Bertz CT molecular complexity index is 256. The lowest BCUT2D eigenvalue weighted by atomic mass is 10.0. The van der Waals surface area contributed by atoms with Gasteiger partial charge in [-0.3, -0.25) is 0 Å². The predicted molar refractivity (Wildman–Crippen MR) is 69.5 cm³/mol. The van der Waals surface area contributed by atoms with Crippen LogP contribution in [0, 0.1) is 0 Å². The highest BCUT2D eigenvalue weighted by molar-refractivity contribution is 5.85. The molecule has 0 fully saturated rings. The second-order valence-corrected chi connectivity index (χ2v) is 3.84. The Labute approximate surface area is 99.5 Å². The molecule has 86 valence electrons. The number of hydrogen-bond acceptors (Lipinski definition) is 1. The molecule has 2 heteroatoms. The number of hydrogen-bond donors (Lipinski definition) is 1. The van der Waals surface area contributed by atoms with Crippen molar-refractivity contribution in [1.82, 2.24) is 0 Å². The fraction of sp³-hybridized carbons (Fsp3) is 0.538. The van der Waals surface area contributed by atoms with Gasteiger partial charge >= 0.3 is 0 Å². The fourth-order valence-electron chi connectivity index (χ4n) is 1.59. The summed E-state index contributed by atoms with van der Waals surface area (Å²) in [5, 5.41) is 0. The van der Waals surface area contributed by atoms with E-state index in [1.165, 1.54) is 24.0 Å². The van der Waals surface area contributed by atoms with E-state index < -0.39 is 0 Å². The molecule has 0 aliphatic carbocycles. The molecule has 0 unspecified atom stereocenters. The number of halogens is 1. The van der Waals surface area contributed by atoms with Crippen LogP contribution in [0.1, 0.15) is 50.3 Å². The van der Waals surface area contributed by atoms with Crippen LogP contribution >= 0.6 is 12.4 Å². The fourth-order valence-corrected chi connectivity index (χ4v) is 1.59. The van der Waals surface area contributed by atoms with Crippen molar-refractivity contribution in [2.45, 2.75) is 45.6 Å². The van der Waals surface area contributed by atoms with Crippen molar-refractivity contribution in [3.05, 3.63) is 35.4 Å². The molecule has 0 aromatic heterocycles. The van der Waals surface area contributed by atoms with Gasteiger partial charge in [0.1, 0.15) is 0 Å². The third-order valence-corrected chi connectivity index (χ3v) is 2.68. The predicted octanol–water partition coefficient (Wildman–Crippen LogP) is 3.86. The van der Waals surface area contributed by atoms with E-state index in [1.54, 1.807) is 0 Å². The summed E-state index contributed by atoms with van der Waals surface area (Å²) in [5.41, 5.74) is 8.73. The molecule has 2 N–H and O–H groups in total. The maximum absolute atomic E-state index is 6.07. The summed E-state index contributed by atoms with van der Waals surface area (Å²) in [6, 6.07) is 8.92. The number of benzene rings is 1. The van der Waals surface area contributed by atoms with Crippen molar-refractivity contribution in [3.8, 4) is 0 Å². The lowest BCUT2D eigenvalue weighted by Gasteiger charge is -2.11. The molecule has 0 spiro atoms. The van der Waals surface area contributed by atoms with Crippen molar-refractivity contribution in [2.75, 3.05) is 0 Å². The molecule has 15 heavy (non-hydrogen) atoms. The Morgan fingerprint density at radius 2 is 1.73 bits per heavy atom. The number of nitrogens with two attached hydrogens (primary N) is 1. The van der Waals surface area contributed by atoms with Gasteiger partial charge in [-0.15, -0.1) is 12.4 Å². The Hall–Kier alpha value is -0.530. The molecule has 0 bridgehead atoms. The summed E-state index contributed by atoms with van der Waals surface area (Å²) in [4.78, 5) is 0. The molecular formula is C13H22ClN. The van der Waals surface area contributed by atoms with E-state index in [-0.39, 0.29) is 18.4 Å². The van der Waals surface area contributed by atoms with Crippen molar-refractivity contribution < 1.29 is 0 Å². The summed E-state index contributed by atoms with van der Waals surface area (Å²) in [7, 11) is 0. The lowest BCUT2D eigenvalue weighted by molar-refractivity contribution is 0.603. The van der Waals surface area contributed by atoms with Crippen molar-refractivity contribution >= 4 is 12.4 Å². The van der Waals surface area contributed by atoms with E-state index in [4.69, 9.17) is 5.73 Å². The van der Waals surface area contributed by atoms with Crippen LogP contribution < -0.4 is 5.73 Å². The summed E-state index contributed by atoms with van der Waals surface area (Å²) in [5.74, 6) is 0. The molecule has 1 rings (SSSR count). The van der Waals surface area contributed by atoms with Gasteiger partial charge in [0, 0.05) is 6.04 Å². The van der Waals surface area contributed by atoms with Gasteiger partial charge in [-0.25, -0.2) is 0 Å². The topological polar surface area (TPSA) is 26.0 Å². The van der Waals surface area contributed by atoms with Gasteiger partial charge in [0.05, 0.1) is 0 Å². The Morgan fingerprint density at radius 3 is 2.20 bits per heavy atom. The third kappa shape index (κ3) is 4.67. The molecule has 1 aromatic rings. The molecule has 1 atom stereocenters. The average Bonchev–Trinajstić information content (AvgIpc) is 2.26. The van der Waals surface area contributed by atoms with Crippen LogP contribution in [0.15, 0.2) is 24.3 Å². The van der Waals surface area contributed by atoms with Crippen LogP contribution in [0.5, 0.6) is 0 Å². The zero-order chi connectivity index (χ0) is 10.4. The highest BCUT2D eigenvalue weighted by Crippen LogP contribution is 2.17. The van der Waals surface area contributed by atoms with Crippen LogP contribution in [0.3, 0.4) is 0 Å². The summed E-state index contributed by atoms with van der Waals surface area (Å²) in [6.45, 7) is 4.37. The first-order valence-corrected chi connectivity index (χ1v) is 5.62. The van der Waals surface area contributed by atoms with Crippen molar-refractivity contribution in [2.24, 2.45) is 5.73 Å². The molecule has 1 aromatic carbocycles. The van der Waals surface area contributed by atoms with Gasteiger partial charge < -0.3 is 5.73 Å². The van der Waals surface area contributed by atoms with Crippen molar-refractivity contribution in [3.63, 3.8) is 0 Å². The molecule has 0 aliphatic rings. The quantitative estimate of drug-likeness (QED) is 0.812. The first-order chi connectivity index (χ1) is 6.77. The van der Waals surface area contributed by atoms with E-state index in [0.717, 1.165) is 12.8 Å². The van der Waals surface area contributed by atoms with E-state index in [2.05, 4.69) is 38.1 Å². The van der Waals surface area contributed by atoms with Gasteiger partial charge in [0.15, 0.2) is 0 Å². The minimum absolute atomic E-state index is 0. The first kappa shape index (κ1) is 14.5. The summed E-state index contributed by atoms with van der Waals surface area (Å²) < 4.78 is 0. The SMILES string of the molecule is CCCC[C@@H](N)c1ccc(CC)cc1.Cl. The van der Waals surface area contributed by atoms with Crippen molar-refractivity contribution in [1.29, 1.82) is 0 Å². The molecule has 0 amide bonds. The lowest BCUT2D eigenvalue weighted by Crippen LogP contribution is -2.09. The van der Waals surface area contributed by atoms with E-state index >= 15 is 0 Å². The minimum Gasteiger partial charge on any atom is -0.324 e. The smallest absolute Gasteiger partial charge is 0.0294 e. The maximum Gasteiger partial charge on any atom is 0.0294 e. The van der Waals surface area contributed by atoms with Gasteiger partial charge in [0.2, 0.25) is 0 Å². The molecule has 0 saturated heterocycles.